The molecule has 12 nitrogen and oxygen atoms in total. The number of nitrogens with one attached hydrogen (secondary N) is 2. The number of aromatic nitrogens is 4. The molecule has 0 aromatic carbocycles. The molecule has 0 aliphatic heterocycles. The van der Waals surface area contributed by atoms with Gasteiger partial charge < -0.3 is 20.1 Å². The summed E-state index contributed by atoms with van der Waals surface area (Å²) in [6.45, 7) is 7.12. The van der Waals surface area contributed by atoms with Crippen molar-refractivity contribution < 1.29 is 28.7 Å². The standard InChI is InChI=1S/2C15H15N3O3/c2*1-9-5-4-6-12(16-9)18-14(19)13-11(15(20)21-3)8-7-10(2)17-13/h2*4-8H,1-3H3,(H,16,18,19). The van der Waals surface area contributed by atoms with Gasteiger partial charge in [0.05, 0.1) is 25.3 Å². The summed E-state index contributed by atoms with van der Waals surface area (Å²) >= 11 is 0. The lowest BCUT2D eigenvalue weighted by Crippen LogP contribution is -2.20. The zero-order valence-electron chi connectivity index (χ0n) is 24.0. The SMILES string of the molecule is COC(=O)c1ccc(C)nc1C(=O)Nc1cccc(C)n1.COC(=O)c1ccc(C)nc1C(=O)Nc1cccc(C)n1. The van der Waals surface area contributed by atoms with Crippen LogP contribution in [0.2, 0.25) is 0 Å². The fraction of sp³-hybridized carbons (Fsp3) is 0.200. The molecule has 4 aromatic heterocycles. The molecule has 0 spiro atoms. The Morgan fingerprint density at radius 2 is 0.881 bits per heavy atom. The van der Waals surface area contributed by atoms with E-state index in [0.717, 1.165) is 11.4 Å². The van der Waals surface area contributed by atoms with E-state index in [-0.39, 0.29) is 22.5 Å². The van der Waals surface area contributed by atoms with Crippen molar-refractivity contribution in [1.82, 2.24) is 19.9 Å². The van der Waals surface area contributed by atoms with Gasteiger partial charge in [-0.2, -0.15) is 0 Å². The maximum Gasteiger partial charge on any atom is 0.340 e. The highest BCUT2D eigenvalue weighted by Gasteiger charge is 2.21. The number of aryl methyl sites for hydroxylation is 4. The van der Waals surface area contributed by atoms with Crippen molar-refractivity contribution in [3.63, 3.8) is 0 Å². The van der Waals surface area contributed by atoms with Gasteiger partial charge >= 0.3 is 11.9 Å². The fourth-order valence-corrected chi connectivity index (χ4v) is 3.59. The molecular formula is C30H30N6O6. The predicted molar refractivity (Wildman–Crippen MR) is 154 cm³/mol. The summed E-state index contributed by atoms with van der Waals surface area (Å²) in [6.07, 6.45) is 0. The first-order valence-electron chi connectivity index (χ1n) is 12.6. The van der Waals surface area contributed by atoms with Crippen molar-refractivity contribution in [3.05, 3.63) is 106 Å². The monoisotopic (exact) mass is 570 g/mol. The van der Waals surface area contributed by atoms with Gasteiger partial charge in [-0.3, -0.25) is 9.59 Å². The molecule has 0 radical (unpaired) electrons. The first kappa shape index (κ1) is 31.0. The fourth-order valence-electron chi connectivity index (χ4n) is 3.59. The Hall–Kier alpha value is -5.52. The number of hydrogen-bond donors (Lipinski definition) is 2. The average Bonchev–Trinajstić information content (AvgIpc) is 2.96. The zero-order chi connectivity index (χ0) is 30.8. The lowest BCUT2D eigenvalue weighted by molar-refractivity contribution is 0.0589. The van der Waals surface area contributed by atoms with Crippen LogP contribution in [0.1, 0.15) is 64.5 Å². The Balaban J connectivity index is 0.000000230. The minimum Gasteiger partial charge on any atom is -0.465 e. The maximum absolute atomic E-state index is 12.3. The third-order valence-corrected chi connectivity index (χ3v) is 5.57. The quantitative estimate of drug-likeness (QED) is 0.320. The molecule has 216 valence electrons. The van der Waals surface area contributed by atoms with Crippen molar-refractivity contribution in [3.8, 4) is 0 Å². The van der Waals surface area contributed by atoms with Crippen LogP contribution in [0.5, 0.6) is 0 Å². The Bertz CT molecular complexity index is 1520. The molecule has 0 saturated carbocycles. The smallest absolute Gasteiger partial charge is 0.340 e. The second-order valence-electron chi connectivity index (χ2n) is 8.92. The molecule has 0 aliphatic rings. The van der Waals surface area contributed by atoms with Crippen molar-refractivity contribution >= 4 is 35.4 Å². The number of amides is 2. The molecule has 0 saturated heterocycles. The van der Waals surface area contributed by atoms with Gasteiger partial charge in [-0.15, -0.1) is 0 Å². The highest BCUT2D eigenvalue weighted by Crippen LogP contribution is 2.14. The number of carbonyl (C=O) groups is 4. The molecule has 4 aromatic rings. The van der Waals surface area contributed by atoms with E-state index >= 15 is 0 Å². The van der Waals surface area contributed by atoms with Gasteiger partial charge in [0, 0.05) is 22.8 Å². The summed E-state index contributed by atoms with van der Waals surface area (Å²) in [7, 11) is 2.51. The van der Waals surface area contributed by atoms with Crippen LogP contribution in [0.15, 0.2) is 60.7 Å². The van der Waals surface area contributed by atoms with E-state index in [9.17, 15) is 19.2 Å². The molecule has 42 heavy (non-hydrogen) atoms. The van der Waals surface area contributed by atoms with Crippen molar-refractivity contribution in [2.75, 3.05) is 24.9 Å². The highest BCUT2D eigenvalue weighted by atomic mass is 16.5. The summed E-state index contributed by atoms with van der Waals surface area (Å²) in [4.78, 5) is 64.6. The molecule has 4 heterocycles. The van der Waals surface area contributed by atoms with Gasteiger partial charge in [-0.25, -0.2) is 29.5 Å². The van der Waals surface area contributed by atoms with Gasteiger partial charge in [0.1, 0.15) is 23.0 Å². The number of pyridine rings is 4. The largest absolute Gasteiger partial charge is 0.465 e. The van der Waals surface area contributed by atoms with Gasteiger partial charge in [0.2, 0.25) is 0 Å². The molecule has 0 unspecified atom stereocenters. The van der Waals surface area contributed by atoms with Gasteiger partial charge in [-0.1, -0.05) is 12.1 Å². The zero-order valence-corrected chi connectivity index (χ0v) is 24.0. The Morgan fingerprint density at radius 3 is 1.21 bits per heavy atom. The second kappa shape index (κ2) is 14.2. The number of methoxy groups -OCH3 is 2. The summed E-state index contributed by atoms with van der Waals surface area (Å²) in [6, 6.07) is 16.9. The van der Waals surface area contributed by atoms with E-state index in [2.05, 4.69) is 40.0 Å². The second-order valence-corrected chi connectivity index (χ2v) is 8.92. The Kier molecular flexibility index (Phi) is 10.5. The molecule has 0 aliphatic carbocycles. The molecule has 4 rings (SSSR count). The van der Waals surface area contributed by atoms with E-state index in [1.165, 1.54) is 26.4 Å². The van der Waals surface area contributed by atoms with Crippen molar-refractivity contribution in [2.45, 2.75) is 27.7 Å². The summed E-state index contributed by atoms with van der Waals surface area (Å²) in [5.41, 5.74) is 3.09. The lowest BCUT2D eigenvalue weighted by atomic mass is 10.1. The molecule has 12 heteroatoms. The van der Waals surface area contributed by atoms with Crippen LogP contribution in [0.3, 0.4) is 0 Å². The van der Waals surface area contributed by atoms with E-state index in [4.69, 9.17) is 0 Å². The first-order valence-corrected chi connectivity index (χ1v) is 12.6. The van der Waals surface area contributed by atoms with Crippen LogP contribution in [0.4, 0.5) is 11.6 Å². The van der Waals surface area contributed by atoms with Crippen molar-refractivity contribution in [1.29, 1.82) is 0 Å². The van der Waals surface area contributed by atoms with Crippen LogP contribution < -0.4 is 10.6 Å². The van der Waals surface area contributed by atoms with E-state index in [1.807, 2.05) is 26.0 Å². The van der Waals surface area contributed by atoms with E-state index in [1.54, 1.807) is 50.2 Å². The molecule has 2 amide bonds. The Labute approximate surface area is 242 Å². The number of rotatable bonds is 6. The number of esters is 2. The molecule has 0 atom stereocenters. The number of nitrogens with zero attached hydrogens (tertiary/aromatic N) is 4. The van der Waals surface area contributed by atoms with Crippen LogP contribution in [0, 0.1) is 27.7 Å². The predicted octanol–water partition coefficient (Wildman–Crippen LogP) is 4.26. The minimum absolute atomic E-state index is 0.0187. The summed E-state index contributed by atoms with van der Waals surface area (Å²) in [5, 5.41) is 5.25. The minimum atomic E-state index is -0.607. The lowest BCUT2D eigenvalue weighted by Gasteiger charge is -2.09. The normalized spacial score (nSPS) is 10.0. The van der Waals surface area contributed by atoms with Gasteiger partial charge in [-0.05, 0) is 76.2 Å². The number of carbonyl (C=O) groups excluding carboxylic acids is 4. The van der Waals surface area contributed by atoms with Gasteiger partial charge in [0.25, 0.3) is 11.8 Å². The van der Waals surface area contributed by atoms with Crippen molar-refractivity contribution in [2.24, 2.45) is 0 Å². The van der Waals surface area contributed by atoms with Crippen LogP contribution in [0.25, 0.3) is 0 Å². The Morgan fingerprint density at radius 1 is 0.524 bits per heavy atom. The van der Waals surface area contributed by atoms with Crippen LogP contribution in [-0.4, -0.2) is 57.9 Å². The number of hydrogen-bond acceptors (Lipinski definition) is 10. The molecular weight excluding hydrogens is 540 g/mol. The third kappa shape index (κ3) is 8.24. The first-order chi connectivity index (χ1) is 20.0. The summed E-state index contributed by atoms with van der Waals surface area (Å²) < 4.78 is 9.32. The molecule has 2 N–H and O–H groups in total. The number of anilines is 2. The van der Waals surface area contributed by atoms with Gasteiger partial charge in [0.15, 0.2) is 0 Å². The molecule has 0 bridgehead atoms. The topological polar surface area (TPSA) is 162 Å². The highest BCUT2D eigenvalue weighted by molar-refractivity contribution is 6.10. The third-order valence-electron chi connectivity index (χ3n) is 5.57. The maximum atomic E-state index is 12.3. The number of ether oxygens (including phenoxy) is 2. The van der Waals surface area contributed by atoms with E-state index < -0.39 is 23.8 Å². The summed E-state index contributed by atoms with van der Waals surface area (Å²) in [5.74, 6) is -1.41. The van der Waals surface area contributed by atoms with Crippen LogP contribution in [-0.2, 0) is 9.47 Å². The average molecular weight is 571 g/mol. The van der Waals surface area contributed by atoms with E-state index in [0.29, 0.717) is 23.0 Å². The molecule has 0 fully saturated rings. The van der Waals surface area contributed by atoms with Crippen LogP contribution >= 0.6 is 0 Å².